The Kier molecular flexibility index (Phi) is 4.66. The van der Waals surface area contributed by atoms with Crippen LogP contribution in [-0.4, -0.2) is 31.0 Å². The van der Waals surface area contributed by atoms with Gasteiger partial charge in [-0.2, -0.15) is 10.2 Å². The van der Waals surface area contributed by atoms with Gasteiger partial charge >= 0.3 is 0 Å². The molecule has 0 atom stereocenters. The standard InChI is InChI=1S/C24H27FN6/c1-14-15(10-26-17-8-24(2,3)9-17)5-6-19(25)22(14)20-7-18-21(12-27-20)29-30-23(18)16-11-28-31(4)13-16/h5-7,11-13,17,26H,8-10H2,1-4H3,(H,29,30). The lowest BCUT2D eigenvalue weighted by molar-refractivity contribution is 0.125. The van der Waals surface area contributed by atoms with Gasteiger partial charge in [0.25, 0.3) is 0 Å². The number of benzene rings is 1. The van der Waals surface area contributed by atoms with Crippen molar-refractivity contribution in [1.82, 2.24) is 30.3 Å². The number of hydrogen-bond acceptors (Lipinski definition) is 4. The predicted molar refractivity (Wildman–Crippen MR) is 120 cm³/mol. The zero-order valence-electron chi connectivity index (χ0n) is 18.3. The number of nitrogens with zero attached hydrogens (tertiary/aromatic N) is 4. The quantitative estimate of drug-likeness (QED) is 0.491. The molecular weight excluding hydrogens is 391 g/mol. The Bertz CT molecular complexity index is 1260. The zero-order valence-corrected chi connectivity index (χ0v) is 18.3. The molecule has 0 saturated heterocycles. The number of rotatable bonds is 5. The van der Waals surface area contributed by atoms with Crippen molar-refractivity contribution < 1.29 is 4.39 Å². The summed E-state index contributed by atoms with van der Waals surface area (Å²) in [5, 5.41) is 16.2. The fraction of sp³-hybridized carbons (Fsp3) is 0.375. The van der Waals surface area contributed by atoms with E-state index in [0.717, 1.165) is 39.8 Å². The maximum atomic E-state index is 14.9. The summed E-state index contributed by atoms with van der Waals surface area (Å²) in [5.41, 5.74) is 6.11. The van der Waals surface area contributed by atoms with Crippen LogP contribution in [0.15, 0.2) is 36.8 Å². The van der Waals surface area contributed by atoms with Crippen molar-refractivity contribution in [1.29, 1.82) is 0 Å². The molecule has 1 aliphatic carbocycles. The van der Waals surface area contributed by atoms with Crippen LogP contribution in [0.2, 0.25) is 0 Å². The Balaban J connectivity index is 1.49. The molecule has 5 rings (SSSR count). The molecule has 2 N–H and O–H groups in total. The largest absolute Gasteiger partial charge is 0.310 e. The van der Waals surface area contributed by atoms with E-state index in [9.17, 15) is 4.39 Å². The van der Waals surface area contributed by atoms with Crippen molar-refractivity contribution in [3.8, 4) is 22.5 Å². The fourth-order valence-corrected chi connectivity index (χ4v) is 4.72. The molecule has 3 aromatic heterocycles. The molecule has 31 heavy (non-hydrogen) atoms. The topological polar surface area (TPSA) is 71.4 Å². The Morgan fingerprint density at radius 3 is 2.77 bits per heavy atom. The summed E-state index contributed by atoms with van der Waals surface area (Å²) in [6.45, 7) is 7.30. The van der Waals surface area contributed by atoms with Crippen LogP contribution in [0, 0.1) is 18.2 Å². The first-order valence-electron chi connectivity index (χ1n) is 10.7. The summed E-state index contributed by atoms with van der Waals surface area (Å²) in [6.07, 6.45) is 7.76. The number of pyridine rings is 1. The molecule has 1 aromatic carbocycles. The smallest absolute Gasteiger partial charge is 0.132 e. The number of aromatic nitrogens is 5. The molecular formula is C24H27FN6. The first kappa shape index (κ1) is 19.9. The lowest BCUT2D eigenvalue weighted by Gasteiger charge is -2.43. The lowest BCUT2D eigenvalue weighted by Crippen LogP contribution is -2.45. The van der Waals surface area contributed by atoms with E-state index in [-0.39, 0.29) is 5.82 Å². The van der Waals surface area contributed by atoms with Gasteiger partial charge in [0, 0.05) is 42.3 Å². The van der Waals surface area contributed by atoms with Crippen LogP contribution in [0.25, 0.3) is 33.4 Å². The molecule has 7 heteroatoms. The van der Waals surface area contributed by atoms with Gasteiger partial charge in [-0.15, -0.1) is 0 Å². The summed E-state index contributed by atoms with van der Waals surface area (Å²) in [4.78, 5) is 4.54. The van der Waals surface area contributed by atoms with Crippen LogP contribution in [-0.2, 0) is 13.6 Å². The number of nitrogens with one attached hydrogen (secondary N) is 2. The monoisotopic (exact) mass is 418 g/mol. The van der Waals surface area contributed by atoms with Gasteiger partial charge in [0.15, 0.2) is 0 Å². The van der Waals surface area contributed by atoms with Gasteiger partial charge in [-0.05, 0) is 48.4 Å². The maximum Gasteiger partial charge on any atom is 0.132 e. The second kappa shape index (κ2) is 7.27. The Morgan fingerprint density at radius 1 is 1.26 bits per heavy atom. The van der Waals surface area contributed by atoms with Gasteiger partial charge < -0.3 is 5.32 Å². The third-order valence-electron chi connectivity index (χ3n) is 6.39. The van der Waals surface area contributed by atoms with Gasteiger partial charge in [0.2, 0.25) is 0 Å². The van der Waals surface area contributed by atoms with Crippen LogP contribution < -0.4 is 5.32 Å². The van der Waals surface area contributed by atoms with E-state index < -0.39 is 0 Å². The first-order valence-corrected chi connectivity index (χ1v) is 10.7. The Labute approximate surface area is 180 Å². The fourth-order valence-electron chi connectivity index (χ4n) is 4.72. The SMILES string of the molecule is Cc1c(CNC2CC(C)(C)C2)ccc(F)c1-c1cc2c(-c3cnn(C)c3)n[nH]c2cn1. The molecule has 0 aliphatic heterocycles. The van der Waals surface area contributed by atoms with Crippen molar-refractivity contribution in [2.45, 2.75) is 46.2 Å². The minimum Gasteiger partial charge on any atom is -0.310 e. The van der Waals surface area contributed by atoms with E-state index in [0.29, 0.717) is 22.7 Å². The molecule has 0 unspecified atom stereocenters. The van der Waals surface area contributed by atoms with E-state index in [1.807, 2.05) is 32.3 Å². The third kappa shape index (κ3) is 3.63. The third-order valence-corrected chi connectivity index (χ3v) is 6.39. The highest BCUT2D eigenvalue weighted by molar-refractivity contribution is 5.94. The second-order valence-corrected chi connectivity index (χ2v) is 9.45. The highest BCUT2D eigenvalue weighted by atomic mass is 19.1. The predicted octanol–water partition coefficient (Wildman–Crippen LogP) is 4.75. The summed E-state index contributed by atoms with van der Waals surface area (Å²) < 4.78 is 16.7. The minimum absolute atomic E-state index is 0.260. The molecule has 1 saturated carbocycles. The number of fused-ring (bicyclic) bond motifs is 1. The van der Waals surface area contributed by atoms with E-state index in [2.05, 4.69) is 39.4 Å². The zero-order chi connectivity index (χ0) is 21.8. The highest BCUT2D eigenvalue weighted by Gasteiger charge is 2.35. The number of halogens is 1. The van der Waals surface area contributed by atoms with Crippen molar-refractivity contribution in [3.05, 3.63) is 53.7 Å². The highest BCUT2D eigenvalue weighted by Crippen LogP contribution is 2.40. The Hall–Kier alpha value is -3.06. The number of aromatic amines is 1. The molecule has 0 radical (unpaired) electrons. The van der Waals surface area contributed by atoms with E-state index in [4.69, 9.17) is 0 Å². The van der Waals surface area contributed by atoms with Gasteiger partial charge in [-0.1, -0.05) is 19.9 Å². The van der Waals surface area contributed by atoms with E-state index >= 15 is 0 Å². The molecule has 1 aliphatic rings. The van der Waals surface area contributed by atoms with Gasteiger partial charge in [0.1, 0.15) is 11.5 Å². The van der Waals surface area contributed by atoms with E-state index in [1.165, 1.54) is 12.8 Å². The van der Waals surface area contributed by atoms with Crippen molar-refractivity contribution in [2.24, 2.45) is 12.5 Å². The average Bonchev–Trinajstić information content (AvgIpc) is 3.31. The van der Waals surface area contributed by atoms with Crippen molar-refractivity contribution >= 4 is 10.9 Å². The molecule has 0 amide bonds. The summed E-state index contributed by atoms with van der Waals surface area (Å²) in [5.74, 6) is -0.260. The first-order chi connectivity index (χ1) is 14.8. The number of aryl methyl sites for hydroxylation is 1. The average molecular weight is 419 g/mol. The summed E-state index contributed by atoms with van der Waals surface area (Å²) in [6, 6.07) is 5.87. The van der Waals surface area contributed by atoms with Crippen LogP contribution in [0.4, 0.5) is 4.39 Å². The maximum absolute atomic E-state index is 14.9. The minimum atomic E-state index is -0.260. The molecule has 1 fully saturated rings. The van der Waals surface area contributed by atoms with Crippen molar-refractivity contribution in [2.75, 3.05) is 0 Å². The number of H-pyrrole nitrogens is 1. The second-order valence-electron chi connectivity index (χ2n) is 9.45. The van der Waals surface area contributed by atoms with E-state index in [1.54, 1.807) is 23.1 Å². The molecule has 160 valence electrons. The van der Waals surface area contributed by atoms with Crippen LogP contribution in [0.5, 0.6) is 0 Å². The normalized spacial score (nSPS) is 16.0. The summed E-state index contributed by atoms with van der Waals surface area (Å²) >= 11 is 0. The molecule has 6 nitrogen and oxygen atoms in total. The van der Waals surface area contributed by atoms with Crippen LogP contribution in [0.1, 0.15) is 37.8 Å². The van der Waals surface area contributed by atoms with Crippen LogP contribution >= 0.6 is 0 Å². The van der Waals surface area contributed by atoms with Gasteiger partial charge in [0.05, 0.1) is 23.6 Å². The van der Waals surface area contributed by atoms with Gasteiger partial charge in [-0.25, -0.2) is 4.39 Å². The molecule has 4 aromatic rings. The molecule has 0 bridgehead atoms. The van der Waals surface area contributed by atoms with Crippen molar-refractivity contribution in [3.63, 3.8) is 0 Å². The summed E-state index contributed by atoms with van der Waals surface area (Å²) in [7, 11) is 1.87. The van der Waals surface area contributed by atoms with Gasteiger partial charge in [-0.3, -0.25) is 14.8 Å². The Morgan fingerprint density at radius 2 is 2.06 bits per heavy atom. The number of hydrogen-bond donors (Lipinski definition) is 2. The molecule has 0 spiro atoms. The molecule has 3 heterocycles. The van der Waals surface area contributed by atoms with Crippen LogP contribution in [0.3, 0.4) is 0 Å². The lowest BCUT2D eigenvalue weighted by atomic mass is 9.68.